The number of aryl methyl sites for hydroxylation is 1. The Balaban J connectivity index is 2.14. The van der Waals surface area contributed by atoms with Crippen molar-refractivity contribution in [1.82, 2.24) is 20.2 Å². The second-order valence-corrected chi connectivity index (χ2v) is 5.48. The van der Waals surface area contributed by atoms with Crippen molar-refractivity contribution in [2.45, 2.75) is 39.2 Å². The maximum atomic E-state index is 5.85. The largest absolute Gasteiger partial charge is 0.399 e. The number of benzene rings is 1. The summed E-state index contributed by atoms with van der Waals surface area (Å²) in [7, 11) is 0. The first-order valence-electron chi connectivity index (χ1n) is 6.53. The van der Waals surface area contributed by atoms with E-state index in [-0.39, 0.29) is 0 Å². The maximum Gasteiger partial charge on any atom is 0.182 e. The van der Waals surface area contributed by atoms with Crippen LogP contribution in [0, 0.1) is 0 Å². The van der Waals surface area contributed by atoms with Crippen molar-refractivity contribution < 1.29 is 0 Å². The first-order valence-corrected chi connectivity index (χ1v) is 7.32. The average Bonchev–Trinajstić information content (AvgIpc) is 2.82. The third-order valence-electron chi connectivity index (χ3n) is 2.93. The maximum absolute atomic E-state index is 5.85. The Morgan fingerprint density at radius 3 is 2.79 bits per heavy atom. The molecule has 2 aromatic rings. The summed E-state index contributed by atoms with van der Waals surface area (Å²) in [5.74, 6) is 0.768. The number of hydrogen-bond acceptors (Lipinski definition) is 4. The van der Waals surface area contributed by atoms with Crippen LogP contribution in [0.3, 0.4) is 0 Å². The molecule has 19 heavy (non-hydrogen) atoms. The summed E-state index contributed by atoms with van der Waals surface area (Å²) >= 11 is 3.44. The number of anilines is 1. The highest BCUT2D eigenvalue weighted by Crippen LogP contribution is 2.24. The molecular weight excluding hydrogens is 306 g/mol. The molecule has 0 bridgehead atoms. The lowest BCUT2D eigenvalue weighted by Crippen LogP contribution is -2.03. The van der Waals surface area contributed by atoms with Gasteiger partial charge in [0, 0.05) is 22.3 Å². The normalized spacial score (nSPS) is 10.8. The third-order valence-corrected chi connectivity index (χ3v) is 3.39. The highest BCUT2D eigenvalue weighted by Gasteiger charge is 2.09. The van der Waals surface area contributed by atoms with Gasteiger partial charge in [-0.1, -0.05) is 42.1 Å². The molecule has 1 aromatic heterocycles. The smallest absolute Gasteiger partial charge is 0.182 e. The monoisotopic (exact) mass is 323 g/mol. The van der Waals surface area contributed by atoms with Gasteiger partial charge in [0.15, 0.2) is 5.82 Å². The summed E-state index contributed by atoms with van der Waals surface area (Å²) in [4.78, 5) is 0. The molecule has 0 aliphatic heterocycles. The second kappa shape index (κ2) is 6.65. The lowest BCUT2D eigenvalue weighted by molar-refractivity contribution is 0.531. The predicted octanol–water partition coefficient (Wildman–Crippen LogP) is 3.27. The van der Waals surface area contributed by atoms with Crippen molar-refractivity contribution in [2.24, 2.45) is 0 Å². The van der Waals surface area contributed by atoms with Gasteiger partial charge in [-0.3, -0.25) is 0 Å². The lowest BCUT2D eigenvalue weighted by atomic mass is 10.2. The van der Waals surface area contributed by atoms with Gasteiger partial charge in [-0.2, -0.15) is 0 Å². The van der Waals surface area contributed by atoms with Crippen molar-refractivity contribution in [3.05, 3.63) is 22.7 Å². The zero-order chi connectivity index (χ0) is 13.7. The van der Waals surface area contributed by atoms with E-state index in [2.05, 4.69) is 38.4 Å². The molecule has 2 rings (SSSR count). The number of rotatable bonds is 6. The fraction of sp³-hybridized carbons (Fsp3) is 0.462. The minimum atomic E-state index is 0.699. The standard InChI is InChI=1S/C13H18BrN5/c1-2-3-4-5-6-19-13(16-17-18-19)10-7-11(14)9-12(15)8-10/h7-9H,2-6,15H2,1H3. The predicted molar refractivity (Wildman–Crippen MR) is 79.5 cm³/mol. The van der Waals surface area contributed by atoms with Gasteiger partial charge in [0.05, 0.1) is 0 Å². The number of tetrazole rings is 1. The number of nitrogen functional groups attached to an aromatic ring is 1. The van der Waals surface area contributed by atoms with E-state index in [9.17, 15) is 0 Å². The zero-order valence-corrected chi connectivity index (χ0v) is 12.6. The van der Waals surface area contributed by atoms with Crippen LogP contribution in [0.4, 0.5) is 5.69 Å². The minimum Gasteiger partial charge on any atom is -0.399 e. The van der Waals surface area contributed by atoms with Gasteiger partial charge >= 0.3 is 0 Å². The van der Waals surface area contributed by atoms with Crippen molar-refractivity contribution in [3.63, 3.8) is 0 Å². The van der Waals surface area contributed by atoms with Crippen LogP contribution in [0.25, 0.3) is 11.4 Å². The Bertz CT molecular complexity index is 517. The Labute approximate surface area is 121 Å². The Kier molecular flexibility index (Phi) is 4.90. The van der Waals surface area contributed by atoms with Crippen LogP contribution in [-0.4, -0.2) is 20.2 Å². The van der Waals surface area contributed by atoms with E-state index >= 15 is 0 Å². The second-order valence-electron chi connectivity index (χ2n) is 4.56. The Morgan fingerprint density at radius 1 is 1.21 bits per heavy atom. The van der Waals surface area contributed by atoms with Crippen LogP contribution >= 0.6 is 15.9 Å². The van der Waals surface area contributed by atoms with Crippen molar-refractivity contribution in [3.8, 4) is 11.4 Å². The van der Waals surface area contributed by atoms with Gasteiger partial charge in [-0.05, 0) is 35.0 Å². The van der Waals surface area contributed by atoms with Gasteiger partial charge in [0.2, 0.25) is 0 Å². The Hall–Kier alpha value is -1.43. The molecule has 2 N–H and O–H groups in total. The summed E-state index contributed by atoms with van der Waals surface area (Å²) in [5.41, 5.74) is 7.48. The molecule has 0 saturated carbocycles. The molecule has 0 fully saturated rings. The highest BCUT2D eigenvalue weighted by atomic mass is 79.9. The summed E-state index contributed by atoms with van der Waals surface area (Å²) < 4.78 is 2.78. The number of nitrogens with zero attached hydrogens (tertiary/aromatic N) is 4. The summed E-state index contributed by atoms with van der Waals surface area (Å²) in [6, 6.07) is 5.72. The van der Waals surface area contributed by atoms with Gasteiger partial charge < -0.3 is 5.73 Å². The van der Waals surface area contributed by atoms with Crippen LogP contribution in [0.5, 0.6) is 0 Å². The van der Waals surface area contributed by atoms with E-state index in [1.807, 2.05) is 22.9 Å². The molecule has 6 heteroatoms. The molecule has 0 unspecified atom stereocenters. The van der Waals surface area contributed by atoms with E-state index in [0.717, 1.165) is 28.8 Å². The average molecular weight is 324 g/mol. The first-order chi connectivity index (χ1) is 9.20. The fourth-order valence-electron chi connectivity index (χ4n) is 1.99. The summed E-state index contributed by atoms with van der Waals surface area (Å²) in [5, 5.41) is 11.9. The summed E-state index contributed by atoms with van der Waals surface area (Å²) in [6.45, 7) is 3.04. The topological polar surface area (TPSA) is 69.6 Å². The van der Waals surface area contributed by atoms with Crippen molar-refractivity contribution in [1.29, 1.82) is 0 Å². The van der Waals surface area contributed by atoms with Crippen LogP contribution < -0.4 is 5.73 Å². The van der Waals surface area contributed by atoms with E-state index in [1.54, 1.807) is 0 Å². The zero-order valence-electron chi connectivity index (χ0n) is 11.0. The van der Waals surface area contributed by atoms with Crippen molar-refractivity contribution >= 4 is 21.6 Å². The van der Waals surface area contributed by atoms with E-state index in [0.29, 0.717) is 5.69 Å². The van der Waals surface area contributed by atoms with Gasteiger partial charge in [0.1, 0.15) is 0 Å². The van der Waals surface area contributed by atoms with Gasteiger partial charge in [-0.25, -0.2) is 4.68 Å². The van der Waals surface area contributed by atoms with Crippen molar-refractivity contribution in [2.75, 3.05) is 5.73 Å². The first kappa shape index (κ1) is 14.0. The van der Waals surface area contributed by atoms with E-state index < -0.39 is 0 Å². The minimum absolute atomic E-state index is 0.699. The van der Waals surface area contributed by atoms with Gasteiger partial charge in [-0.15, -0.1) is 5.10 Å². The van der Waals surface area contributed by atoms with Crippen LogP contribution in [0.2, 0.25) is 0 Å². The molecule has 0 saturated heterocycles. The lowest BCUT2D eigenvalue weighted by Gasteiger charge is -2.06. The van der Waals surface area contributed by atoms with Crippen LogP contribution in [0.15, 0.2) is 22.7 Å². The quantitative estimate of drug-likeness (QED) is 0.654. The molecule has 0 amide bonds. The Morgan fingerprint density at radius 2 is 2.05 bits per heavy atom. The number of aromatic nitrogens is 4. The fourth-order valence-corrected chi connectivity index (χ4v) is 2.50. The van der Waals surface area contributed by atoms with Gasteiger partial charge in [0.25, 0.3) is 0 Å². The van der Waals surface area contributed by atoms with E-state index in [4.69, 9.17) is 5.73 Å². The number of halogens is 1. The molecule has 0 aliphatic rings. The summed E-state index contributed by atoms with van der Waals surface area (Å²) in [6.07, 6.45) is 4.78. The molecule has 0 aliphatic carbocycles. The number of hydrogen-bond donors (Lipinski definition) is 1. The molecule has 0 atom stereocenters. The number of nitrogens with two attached hydrogens (primary N) is 1. The van der Waals surface area contributed by atoms with Crippen LogP contribution in [0.1, 0.15) is 32.6 Å². The highest BCUT2D eigenvalue weighted by molar-refractivity contribution is 9.10. The SMILES string of the molecule is CCCCCCn1nnnc1-c1cc(N)cc(Br)c1. The molecular formula is C13H18BrN5. The molecule has 0 radical (unpaired) electrons. The van der Waals surface area contributed by atoms with E-state index in [1.165, 1.54) is 19.3 Å². The number of unbranched alkanes of at least 4 members (excludes halogenated alkanes) is 3. The molecule has 5 nitrogen and oxygen atoms in total. The third kappa shape index (κ3) is 3.76. The van der Waals surface area contributed by atoms with Crippen LogP contribution in [-0.2, 0) is 6.54 Å². The molecule has 1 aromatic carbocycles. The molecule has 102 valence electrons. The molecule has 1 heterocycles. The molecule has 0 spiro atoms.